The maximum Gasteiger partial charge on any atom is 0.261 e. The van der Waals surface area contributed by atoms with Crippen molar-refractivity contribution in [3.05, 3.63) is 57.5 Å². The third-order valence-electron chi connectivity index (χ3n) is 2.94. The minimum absolute atomic E-state index is 0.0117. The van der Waals surface area contributed by atoms with Crippen molar-refractivity contribution in [3.8, 4) is 0 Å². The summed E-state index contributed by atoms with van der Waals surface area (Å²) in [7, 11) is 0. The van der Waals surface area contributed by atoms with Gasteiger partial charge in [0.2, 0.25) is 0 Å². The molecule has 21 heavy (non-hydrogen) atoms. The molecule has 2 rings (SSSR count). The molecule has 1 atom stereocenters. The maximum atomic E-state index is 12.8. The molecule has 0 radical (unpaired) electrons. The number of halogens is 1. The molecule has 2 N–H and O–H groups in total. The fourth-order valence-electron chi connectivity index (χ4n) is 1.72. The van der Waals surface area contributed by atoms with E-state index in [-0.39, 0.29) is 24.1 Å². The van der Waals surface area contributed by atoms with E-state index in [1.165, 1.54) is 48.6 Å². The summed E-state index contributed by atoms with van der Waals surface area (Å²) in [6, 6.07) is 6.94. The number of carbonyl (C=O) groups is 2. The van der Waals surface area contributed by atoms with Gasteiger partial charge in [0.05, 0.1) is 11.0 Å². The lowest BCUT2D eigenvalue weighted by atomic mass is 10.1. The van der Waals surface area contributed by atoms with E-state index in [0.717, 1.165) is 0 Å². The zero-order valence-corrected chi connectivity index (χ0v) is 12.1. The molecule has 4 nitrogen and oxygen atoms in total. The third kappa shape index (κ3) is 3.96. The largest absolute Gasteiger partial charge is 0.387 e. The molecule has 1 heterocycles. The van der Waals surface area contributed by atoms with Crippen molar-refractivity contribution in [2.24, 2.45) is 0 Å². The number of rotatable bonds is 5. The first-order valence-corrected chi connectivity index (χ1v) is 7.16. The van der Waals surface area contributed by atoms with E-state index in [1.54, 1.807) is 5.38 Å². The van der Waals surface area contributed by atoms with Crippen LogP contribution in [0, 0.1) is 5.82 Å². The second-order valence-corrected chi connectivity index (χ2v) is 5.44. The molecule has 1 unspecified atom stereocenters. The SMILES string of the molecule is CC(=O)c1csc(C(=O)NCC(O)c2ccc(F)cc2)c1. The summed E-state index contributed by atoms with van der Waals surface area (Å²) in [5, 5.41) is 14.1. The highest BCUT2D eigenvalue weighted by Crippen LogP contribution is 2.16. The van der Waals surface area contributed by atoms with Crippen LogP contribution in [0.5, 0.6) is 0 Å². The highest BCUT2D eigenvalue weighted by atomic mass is 32.1. The van der Waals surface area contributed by atoms with Crippen LogP contribution in [0.2, 0.25) is 0 Å². The molecule has 110 valence electrons. The monoisotopic (exact) mass is 307 g/mol. The Morgan fingerprint density at radius 2 is 2.00 bits per heavy atom. The molecular formula is C15H14FNO3S. The smallest absolute Gasteiger partial charge is 0.261 e. The van der Waals surface area contributed by atoms with Crippen LogP contribution < -0.4 is 5.32 Å². The van der Waals surface area contributed by atoms with Gasteiger partial charge in [-0.25, -0.2) is 4.39 Å². The number of nitrogens with one attached hydrogen (secondary N) is 1. The van der Waals surface area contributed by atoms with E-state index >= 15 is 0 Å². The van der Waals surface area contributed by atoms with E-state index in [1.807, 2.05) is 0 Å². The van der Waals surface area contributed by atoms with Gasteiger partial charge in [0, 0.05) is 17.5 Å². The molecule has 6 heteroatoms. The van der Waals surface area contributed by atoms with Gasteiger partial charge in [-0.1, -0.05) is 12.1 Å². The van der Waals surface area contributed by atoms with Crippen molar-refractivity contribution in [2.75, 3.05) is 6.54 Å². The standard InChI is InChI=1S/C15H14FNO3S/c1-9(18)11-6-14(21-8-11)15(20)17-7-13(19)10-2-4-12(16)5-3-10/h2-6,8,13,19H,7H2,1H3,(H,17,20). The molecule has 1 aromatic carbocycles. The second-order valence-electron chi connectivity index (χ2n) is 4.53. The van der Waals surface area contributed by atoms with Crippen LogP contribution in [-0.2, 0) is 0 Å². The van der Waals surface area contributed by atoms with Crippen LogP contribution in [0.15, 0.2) is 35.7 Å². The number of Topliss-reactive ketones (excluding diaryl/α,β-unsaturated/α-hetero) is 1. The van der Waals surface area contributed by atoms with Gasteiger partial charge < -0.3 is 10.4 Å². The quantitative estimate of drug-likeness (QED) is 0.834. The lowest BCUT2D eigenvalue weighted by Gasteiger charge is -2.11. The van der Waals surface area contributed by atoms with Gasteiger partial charge in [-0.2, -0.15) is 0 Å². The molecule has 0 aliphatic carbocycles. The minimum Gasteiger partial charge on any atom is -0.387 e. The first-order chi connectivity index (χ1) is 9.97. The summed E-state index contributed by atoms with van der Waals surface area (Å²) in [5.74, 6) is -0.837. The predicted octanol–water partition coefficient (Wildman–Crippen LogP) is 2.55. The van der Waals surface area contributed by atoms with Crippen LogP contribution in [-0.4, -0.2) is 23.3 Å². The molecule has 1 amide bonds. The Morgan fingerprint density at radius 3 is 2.57 bits per heavy atom. The predicted molar refractivity (Wildman–Crippen MR) is 78.0 cm³/mol. The number of hydrogen-bond donors (Lipinski definition) is 2. The molecule has 0 aliphatic rings. The first kappa shape index (κ1) is 15.3. The number of hydrogen-bond acceptors (Lipinski definition) is 4. The maximum absolute atomic E-state index is 12.8. The Morgan fingerprint density at radius 1 is 1.33 bits per heavy atom. The fourth-order valence-corrected chi connectivity index (χ4v) is 2.58. The molecule has 2 aromatic rings. The number of aliphatic hydroxyl groups excluding tert-OH is 1. The Balaban J connectivity index is 1.93. The Kier molecular flexibility index (Phi) is 4.82. The second kappa shape index (κ2) is 6.60. The lowest BCUT2D eigenvalue weighted by molar-refractivity contribution is 0.0920. The van der Waals surface area contributed by atoms with Gasteiger partial charge in [0.25, 0.3) is 5.91 Å². The molecule has 1 aromatic heterocycles. The average Bonchev–Trinajstić information content (AvgIpc) is 2.95. The Hall–Kier alpha value is -2.05. The average molecular weight is 307 g/mol. The molecular weight excluding hydrogens is 293 g/mol. The number of benzene rings is 1. The summed E-state index contributed by atoms with van der Waals surface area (Å²) in [6.45, 7) is 1.44. The number of carbonyl (C=O) groups excluding carboxylic acids is 2. The highest BCUT2D eigenvalue weighted by Gasteiger charge is 2.13. The fraction of sp³-hybridized carbons (Fsp3) is 0.200. The van der Waals surface area contributed by atoms with E-state index in [9.17, 15) is 19.1 Å². The summed E-state index contributed by atoms with van der Waals surface area (Å²) < 4.78 is 12.8. The van der Waals surface area contributed by atoms with Crippen molar-refractivity contribution in [1.29, 1.82) is 0 Å². The van der Waals surface area contributed by atoms with Crippen molar-refractivity contribution in [1.82, 2.24) is 5.32 Å². The third-order valence-corrected chi connectivity index (χ3v) is 3.87. The summed E-state index contributed by atoms with van der Waals surface area (Å²) in [5.41, 5.74) is 1.01. The number of amides is 1. The zero-order chi connectivity index (χ0) is 15.4. The number of aliphatic hydroxyl groups is 1. The minimum atomic E-state index is -0.915. The van der Waals surface area contributed by atoms with Gasteiger partial charge in [-0.3, -0.25) is 9.59 Å². The number of ketones is 1. The van der Waals surface area contributed by atoms with Gasteiger partial charge in [0.15, 0.2) is 5.78 Å². The lowest BCUT2D eigenvalue weighted by Crippen LogP contribution is -2.27. The molecule has 0 fully saturated rings. The van der Waals surface area contributed by atoms with Gasteiger partial charge in [-0.15, -0.1) is 11.3 Å². The van der Waals surface area contributed by atoms with Crippen LogP contribution in [0.3, 0.4) is 0 Å². The van der Waals surface area contributed by atoms with Crippen molar-refractivity contribution in [3.63, 3.8) is 0 Å². The Bertz CT molecular complexity index is 651. The summed E-state index contributed by atoms with van der Waals surface area (Å²) in [4.78, 5) is 23.5. The zero-order valence-electron chi connectivity index (χ0n) is 11.3. The van der Waals surface area contributed by atoms with Gasteiger partial charge in [-0.05, 0) is 30.7 Å². The van der Waals surface area contributed by atoms with Crippen molar-refractivity contribution >= 4 is 23.0 Å². The molecule has 0 bridgehead atoms. The van der Waals surface area contributed by atoms with Crippen molar-refractivity contribution < 1.29 is 19.1 Å². The van der Waals surface area contributed by atoms with E-state index in [4.69, 9.17) is 0 Å². The highest BCUT2D eigenvalue weighted by molar-refractivity contribution is 7.12. The number of thiophene rings is 1. The van der Waals surface area contributed by atoms with Crippen LogP contribution in [0.25, 0.3) is 0 Å². The van der Waals surface area contributed by atoms with Gasteiger partial charge in [0.1, 0.15) is 5.82 Å². The van der Waals surface area contributed by atoms with Crippen LogP contribution in [0.4, 0.5) is 4.39 Å². The summed E-state index contributed by atoms with van der Waals surface area (Å²) >= 11 is 1.17. The molecule has 0 saturated carbocycles. The van der Waals surface area contributed by atoms with E-state index < -0.39 is 6.10 Å². The summed E-state index contributed by atoms with van der Waals surface area (Å²) in [6.07, 6.45) is -0.915. The molecule has 0 aliphatic heterocycles. The van der Waals surface area contributed by atoms with E-state index in [2.05, 4.69) is 5.32 Å². The topological polar surface area (TPSA) is 66.4 Å². The van der Waals surface area contributed by atoms with Crippen LogP contribution >= 0.6 is 11.3 Å². The Labute approximate surface area is 125 Å². The van der Waals surface area contributed by atoms with E-state index in [0.29, 0.717) is 16.0 Å². The van der Waals surface area contributed by atoms with Crippen LogP contribution in [0.1, 0.15) is 38.6 Å². The normalized spacial score (nSPS) is 12.0. The molecule has 0 saturated heterocycles. The van der Waals surface area contributed by atoms with Crippen molar-refractivity contribution in [2.45, 2.75) is 13.0 Å². The van der Waals surface area contributed by atoms with Gasteiger partial charge >= 0.3 is 0 Å². The molecule has 0 spiro atoms. The first-order valence-electron chi connectivity index (χ1n) is 6.28.